The van der Waals surface area contributed by atoms with Crippen LogP contribution >= 0.6 is 22.6 Å². The highest BCUT2D eigenvalue weighted by Crippen LogP contribution is 2.19. The summed E-state index contributed by atoms with van der Waals surface area (Å²) in [5, 5.41) is 22.0. The predicted molar refractivity (Wildman–Crippen MR) is 73.0 cm³/mol. The number of halogens is 1. The van der Waals surface area contributed by atoms with Crippen LogP contribution in [0.25, 0.3) is 0 Å². The average Bonchev–Trinajstić information content (AvgIpc) is 2.27. The monoisotopic (exact) mass is 359 g/mol. The Morgan fingerprint density at radius 2 is 2.11 bits per heavy atom. The molecule has 0 radical (unpaired) electrons. The number of rotatable bonds is 3. The predicted octanol–water partition coefficient (Wildman–Crippen LogP) is 2.23. The van der Waals surface area contributed by atoms with Crippen molar-refractivity contribution in [2.24, 2.45) is 0 Å². The molecule has 0 aliphatic rings. The van der Waals surface area contributed by atoms with Gasteiger partial charge >= 0.3 is 0 Å². The highest BCUT2D eigenvalue weighted by atomic mass is 127. The van der Waals surface area contributed by atoms with Gasteiger partial charge in [-0.15, -0.1) is 0 Å². The quantitative estimate of drug-likeness (QED) is 0.509. The molecule has 0 unspecified atom stereocenters. The molecule has 7 heteroatoms. The van der Waals surface area contributed by atoms with Crippen molar-refractivity contribution in [2.45, 2.75) is 19.4 Å². The largest absolute Gasteiger partial charge is 0.334 e. The Morgan fingerprint density at radius 3 is 2.61 bits per heavy atom. The minimum atomic E-state index is -1.02. The molecule has 0 spiro atoms. The molecule has 6 nitrogen and oxygen atoms in total. The smallest absolute Gasteiger partial charge is 0.271 e. The standard InChI is InChI=1S/C11H10IN3O3/c1-11(2,6-13)14-10(16)7-3-8(12)5-9(4-7)15(17)18/h3-5H,1-2H3,(H,14,16). The minimum absolute atomic E-state index is 0.151. The molecule has 94 valence electrons. The Morgan fingerprint density at radius 1 is 1.50 bits per heavy atom. The Kier molecular flexibility index (Phi) is 4.24. The zero-order valence-corrected chi connectivity index (χ0v) is 11.9. The van der Waals surface area contributed by atoms with Crippen molar-refractivity contribution in [3.8, 4) is 6.07 Å². The van der Waals surface area contributed by atoms with E-state index in [1.165, 1.54) is 18.2 Å². The molecule has 0 saturated heterocycles. The average molecular weight is 359 g/mol. The lowest BCUT2D eigenvalue weighted by molar-refractivity contribution is -0.385. The molecule has 0 bridgehead atoms. The maximum absolute atomic E-state index is 11.9. The Hall–Kier alpha value is -1.69. The van der Waals surface area contributed by atoms with E-state index in [-0.39, 0.29) is 11.3 Å². The van der Waals surface area contributed by atoms with E-state index in [2.05, 4.69) is 5.32 Å². The molecule has 1 rings (SSSR count). The SMILES string of the molecule is CC(C)(C#N)NC(=O)c1cc(I)cc([N+](=O)[O-])c1. The maximum atomic E-state index is 11.9. The first kappa shape index (κ1) is 14.4. The minimum Gasteiger partial charge on any atom is -0.334 e. The number of nitriles is 1. The van der Waals surface area contributed by atoms with Crippen LogP contribution in [0.4, 0.5) is 5.69 Å². The second-order valence-corrected chi connectivity index (χ2v) is 5.39. The third kappa shape index (κ3) is 3.66. The number of nitrogens with zero attached hydrogens (tertiary/aromatic N) is 2. The van der Waals surface area contributed by atoms with Crippen molar-refractivity contribution < 1.29 is 9.72 Å². The number of benzene rings is 1. The van der Waals surface area contributed by atoms with Crippen LogP contribution in [0.1, 0.15) is 24.2 Å². The van der Waals surface area contributed by atoms with Gasteiger partial charge in [-0.25, -0.2) is 0 Å². The van der Waals surface area contributed by atoms with Crippen molar-refractivity contribution in [3.63, 3.8) is 0 Å². The van der Waals surface area contributed by atoms with Crippen LogP contribution in [0.3, 0.4) is 0 Å². The van der Waals surface area contributed by atoms with Crippen LogP contribution in [0.15, 0.2) is 18.2 Å². The van der Waals surface area contributed by atoms with E-state index in [0.29, 0.717) is 3.57 Å². The van der Waals surface area contributed by atoms with E-state index >= 15 is 0 Å². The summed E-state index contributed by atoms with van der Waals surface area (Å²) in [5.74, 6) is -0.511. The van der Waals surface area contributed by atoms with Crippen LogP contribution in [0, 0.1) is 25.0 Å². The highest BCUT2D eigenvalue weighted by Gasteiger charge is 2.21. The zero-order chi connectivity index (χ0) is 13.9. The van der Waals surface area contributed by atoms with Gasteiger partial charge < -0.3 is 5.32 Å². The lowest BCUT2D eigenvalue weighted by atomic mass is 10.1. The van der Waals surface area contributed by atoms with Gasteiger partial charge in [0.15, 0.2) is 0 Å². The number of carbonyl (C=O) groups excluding carboxylic acids is 1. The topological polar surface area (TPSA) is 96.0 Å². The van der Waals surface area contributed by atoms with Gasteiger partial charge in [-0.05, 0) is 42.5 Å². The zero-order valence-electron chi connectivity index (χ0n) is 9.73. The van der Waals surface area contributed by atoms with Crippen LogP contribution < -0.4 is 5.32 Å². The van der Waals surface area contributed by atoms with Crippen molar-refractivity contribution >= 4 is 34.2 Å². The van der Waals surface area contributed by atoms with Crippen molar-refractivity contribution in [1.82, 2.24) is 5.32 Å². The third-order valence-electron chi connectivity index (χ3n) is 2.06. The number of non-ortho nitro benzene ring substituents is 1. The molecule has 0 fully saturated rings. The molecule has 18 heavy (non-hydrogen) atoms. The number of carbonyl (C=O) groups is 1. The number of nitro groups is 1. The lowest BCUT2D eigenvalue weighted by Gasteiger charge is -2.17. The second-order valence-electron chi connectivity index (χ2n) is 4.15. The highest BCUT2D eigenvalue weighted by molar-refractivity contribution is 14.1. The number of hydrogen-bond acceptors (Lipinski definition) is 4. The molecular formula is C11H10IN3O3. The second kappa shape index (κ2) is 5.30. The van der Waals surface area contributed by atoms with E-state index in [1.54, 1.807) is 13.8 Å². The Balaban J connectivity index is 3.08. The third-order valence-corrected chi connectivity index (χ3v) is 2.68. The van der Waals surface area contributed by atoms with Gasteiger partial charge in [0.2, 0.25) is 0 Å². The van der Waals surface area contributed by atoms with E-state index in [1.807, 2.05) is 28.7 Å². The van der Waals surface area contributed by atoms with Gasteiger partial charge in [-0.1, -0.05) is 0 Å². The summed E-state index contributed by atoms with van der Waals surface area (Å²) < 4.78 is 0.585. The van der Waals surface area contributed by atoms with Gasteiger partial charge in [0, 0.05) is 21.3 Å². The fraction of sp³-hybridized carbons (Fsp3) is 0.273. The summed E-state index contributed by atoms with van der Waals surface area (Å²) >= 11 is 1.89. The van der Waals surface area contributed by atoms with Crippen molar-refractivity contribution in [1.29, 1.82) is 5.26 Å². The summed E-state index contributed by atoms with van der Waals surface area (Å²) in [4.78, 5) is 22.0. The first-order valence-electron chi connectivity index (χ1n) is 4.94. The molecule has 0 heterocycles. The van der Waals surface area contributed by atoms with E-state index in [4.69, 9.17) is 5.26 Å². The Labute approximate surface area is 117 Å². The number of hydrogen-bond donors (Lipinski definition) is 1. The van der Waals surface area contributed by atoms with Crippen LogP contribution in [0.2, 0.25) is 0 Å². The maximum Gasteiger partial charge on any atom is 0.271 e. The summed E-state index contributed by atoms with van der Waals surface area (Å²) in [6.07, 6.45) is 0. The Bertz CT molecular complexity index is 549. The molecule has 0 aromatic heterocycles. The molecule has 1 aromatic rings. The normalized spacial score (nSPS) is 10.6. The number of nitrogens with one attached hydrogen (secondary N) is 1. The van der Waals surface area contributed by atoms with E-state index < -0.39 is 16.4 Å². The van der Waals surface area contributed by atoms with Gasteiger partial charge in [0.25, 0.3) is 11.6 Å². The summed E-state index contributed by atoms with van der Waals surface area (Å²) in [7, 11) is 0. The molecule has 0 saturated carbocycles. The fourth-order valence-corrected chi connectivity index (χ4v) is 1.85. The summed E-state index contributed by atoms with van der Waals surface area (Å²) in [6.45, 7) is 3.10. The molecule has 0 aliphatic carbocycles. The van der Waals surface area contributed by atoms with Gasteiger partial charge in [0.05, 0.1) is 11.0 Å². The van der Waals surface area contributed by atoms with E-state index in [9.17, 15) is 14.9 Å². The molecule has 0 atom stereocenters. The van der Waals surface area contributed by atoms with Crippen LogP contribution in [0.5, 0.6) is 0 Å². The molecule has 1 amide bonds. The fourth-order valence-electron chi connectivity index (χ4n) is 1.19. The van der Waals surface area contributed by atoms with Crippen LogP contribution in [-0.2, 0) is 0 Å². The lowest BCUT2D eigenvalue weighted by Crippen LogP contribution is -2.42. The molecule has 1 aromatic carbocycles. The first-order valence-corrected chi connectivity index (χ1v) is 6.02. The van der Waals surface area contributed by atoms with Crippen LogP contribution in [-0.4, -0.2) is 16.4 Å². The van der Waals surface area contributed by atoms with Gasteiger partial charge in [-0.3, -0.25) is 14.9 Å². The molecular weight excluding hydrogens is 349 g/mol. The number of nitro benzene ring substituents is 1. The van der Waals surface area contributed by atoms with Crippen molar-refractivity contribution in [3.05, 3.63) is 37.4 Å². The first-order chi connectivity index (χ1) is 8.25. The van der Waals surface area contributed by atoms with Gasteiger partial charge in [-0.2, -0.15) is 5.26 Å². The van der Waals surface area contributed by atoms with E-state index in [0.717, 1.165) is 0 Å². The summed E-state index contributed by atoms with van der Waals surface area (Å²) in [6, 6.07) is 6.00. The summed E-state index contributed by atoms with van der Waals surface area (Å²) in [5.41, 5.74) is -1.01. The number of amides is 1. The molecule has 1 N–H and O–H groups in total. The van der Waals surface area contributed by atoms with Gasteiger partial charge in [0.1, 0.15) is 5.54 Å². The van der Waals surface area contributed by atoms with Crippen molar-refractivity contribution in [2.75, 3.05) is 0 Å². The molecule has 0 aliphatic heterocycles.